The molecule has 2 aromatic rings. The first-order valence-electron chi connectivity index (χ1n) is 6.31. The lowest BCUT2D eigenvalue weighted by atomic mass is 10.1. The monoisotopic (exact) mass is 273 g/mol. The summed E-state index contributed by atoms with van der Waals surface area (Å²) in [6.07, 6.45) is 0.974. The van der Waals surface area contributed by atoms with Gasteiger partial charge in [0.15, 0.2) is 0 Å². The molecule has 2 rings (SSSR count). The zero-order valence-corrected chi connectivity index (χ0v) is 11.6. The summed E-state index contributed by atoms with van der Waals surface area (Å²) >= 11 is 6.04. The number of carbonyl (C=O) groups is 1. The molecule has 2 aromatic carbocycles. The van der Waals surface area contributed by atoms with E-state index in [0.29, 0.717) is 17.1 Å². The van der Waals surface area contributed by atoms with Gasteiger partial charge in [0, 0.05) is 17.1 Å². The molecule has 0 aliphatic heterocycles. The molecule has 1 N–H and O–H groups in total. The number of amides is 1. The molecule has 0 aromatic heterocycles. The number of hydrogen-bond donors (Lipinski definition) is 1. The van der Waals surface area contributed by atoms with Gasteiger partial charge in [0.2, 0.25) is 0 Å². The number of rotatable bonds is 4. The third-order valence-electron chi connectivity index (χ3n) is 3.02. The van der Waals surface area contributed by atoms with Crippen LogP contribution in [0.1, 0.15) is 28.4 Å². The highest BCUT2D eigenvalue weighted by molar-refractivity contribution is 6.31. The molecule has 0 saturated heterocycles. The van der Waals surface area contributed by atoms with E-state index in [9.17, 15) is 4.79 Å². The van der Waals surface area contributed by atoms with Gasteiger partial charge in [-0.15, -0.1) is 0 Å². The van der Waals surface area contributed by atoms with Crippen LogP contribution in [-0.2, 0) is 13.0 Å². The fourth-order valence-electron chi connectivity index (χ4n) is 1.81. The van der Waals surface area contributed by atoms with Crippen molar-refractivity contribution in [3.05, 3.63) is 70.2 Å². The lowest BCUT2D eigenvalue weighted by molar-refractivity contribution is 0.0951. The van der Waals surface area contributed by atoms with Crippen LogP contribution in [0.15, 0.2) is 48.5 Å². The highest BCUT2D eigenvalue weighted by Crippen LogP contribution is 2.14. The summed E-state index contributed by atoms with van der Waals surface area (Å²) in [5, 5.41) is 3.54. The zero-order valence-electron chi connectivity index (χ0n) is 10.8. The largest absolute Gasteiger partial charge is 0.348 e. The molecule has 0 unspecified atom stereocenters. The van der Waals surface area contributed by atoms with Gasteiger partial charge in [0.25, 0.3) is 5.91 Å². The molecule has 98 valence electrons. The predicted octanol–water partition coefficient (Wildman–Crippen LogP) is 3.83. The molecule has 2 nitrogen and oxygen atoms in total. The van der Waals surface area contributed by atoms with E-state index in [1.165, 1.54) is 5.56 Å². The van der Waals surface area contributed by atoms with E-state index in [2.05, 4.69) is 12.2 Å². The van der Waals surface area contributed by atoms with Crippen LogP contribution >= 0.6 is 11.6 Å². The SMILES string of the molecule is CCc1ccc(C(=O)NCc2ccccc2Cl)cc1. The average molecular weight is 274 g/mol. The van der Waals surface area contributed by atoms with Crippen molar-refractivity contribution in [2.24, 2.45) is 0 Å². The van der Waals surface area contributed by atoms with Crippen LogP contribution in [-0.4, -0.2) is 5.91 Å². The van der Waals surface area contributed by atoms with Crippen LogP contribution < -0.4 is 5.32 Å². The summed E-state index contributed by atoms with van der Waals surface area (Å²) in [7, 11) is 0. The fourth-order valence-corrected chi connectivity index (χ4v) is 2.01. The number of nitrogens with one attached hydrogen (secondary N) is 1. The second-order valence-corrected chi connectivity index (χ2v) is 4.73. The van der Waals surface area contributed by atoms with Crippen LogP contribution in [0.2, 0.25) is 5.02 Å². The lowest BCUT2D eigenvalue weighted by Crippen LogP contribution is -2.22. The highest BCUT2D eigenvalue weighted by atomic mass is 35.5. The summed E-state index contributed by atoms with van der Waals surface area (Å²) in [4.78, 5) is 12.0. The van der Waals surface area contributed by atoms with Crippen LogP contribution in [0.3, 0.4) is 0 Å². The Morgan fingerprint density at radius 3 is 2.42 bits per heavy atom. The molecule has 0 radical (unpaired) electrons. The molecule has 19 heavy (non-hydrogen) atoms. The van der Waals surface area contributed by atoms with Crippen molar-refractivity contribution >= 4 is 17.5 Å². The van der Waals surface area contributed by atoms with Crippen molar-refractivity contribution in [2.45, 2.75) is 19.9 Å². The smallest absolute Gasteiger partial charge is 0.251 e. The maximum Gasteiger partial charge on any atom is 0.251 e. The van der Waals surface area contributed by atoms with E-state index >= 15 is 0 Å². The van der Waals surface area contributed by atoms with E-state index in [1.54, 1.807) is 0 Å². The standard InChI is InChI=1S/C16H16ClNO/c1-2-12-7-9-13(10-8-12)16(19)18-11-14-5-3-4-6-15(14)17/h3-10H,2,11H2,1H3,(H,18,19). The quantitative estimate of drug-likeness (QED) is 0.901. The highest BCUT2D eigenvalue weighted by Gasteiger charge is 2.06. The van der Waals surface area contributed by atoms with Gasteiger partial charge in [0.05, 0.1) is 0 Å². The van der Waals surface area contributed by atoms with Crippen molar-refractivity contribution in [2.75, 3.05) is 0 Å². The third kappa shape index (κ3) is 3.58. The summed E-state index contributed by atoms with van der Waals surface area (Å²) in [6, 6.07) is 15.2. The number of halogens is 1. The maximum atomic E-state index is 12.0. The minimum absolute atomic E-state index is 0.0810. The second-order valence-electron chi connectivity index (χ2n) is 4.32. The van der Waals surface area contributed by atoms with E-state index in [0.717, 1.165) is 12.0 Å². The van der Waals surface area contributed by atoms with Gasteiger partial charge in [0.1, 0.15) is 0 Å². The molecule has 0 atom stereocenters. The molecular formula is C16H16ClNO. The van der Waals surface area contributed by atoms with E-state index in [4.69, 9.17) is 11.6 Å². The Morgan fingerprint density at radius 2 is 1.79 bits per heavy atom. The summed E-state index contributed by atoms with van der Waals surface area (Å²) in [6.45, 7) is 2.53. The first-order valence-corrected chi connectivity index (χ1v) is 6.69. The summed E-state index contributed by atoms with van der Waals surface area (Å²) < 4.78 is 0. The predicted molar refractivity (Wildman–Crippen MR) is 78.4 cm³/mol. The second kappa shape index (κ2) is 6.39. The van der Waals surface area contributed by atoms with Crippen LogP contribution in [0.4, 0.5) is 0 Å². The van der Waals surface area contributed by atoms with Gasteiger partial charge in [-0.25, -0.2) is 0 Å². The van der Waals surface area contributed by atoms with Crippen molar-refractivity contribution in [1.29, 1.82) is 0 Å². The molecule has 0 aliphatic rings. The van der Waals surface area contributed by atoms with Crippen molar-refractivity contribution in [1.82, 2.24) is 5.32 Å². The number of carbonyl (C=O) groups excluding carboxylic acids is 1. The Labute approximate surface area is 118 Å². The number of aryl methyl sites for hydroxylation is 1. The van der Waals surface area contributed by atoms with Crippen molar-refractivity contribution in [3.8, 4) is 0 Å². The topological polar surface area (TPSA) is 29.1 Å². The van der Waals surface area contributed by atoms with Gasteiger partial charge >= 0.3 is 0 Å². The Morgan fingerprint density at radius 1 is 1.11 bits per heavy atom. The minimum Gasteiger partial charge on any atom is -0.348 e. The third-order valence-corrected chi connectivity index (χ3v) is 3.39. The van der Waals surface area contributed by atoms with Gasteiger partial charge in [-0.1, -0.05) is 48.9 Å². The van der Waals surface area contributed by atoms with Crippen LogP contribution in [0, 0.1) is 0 Å². The van der Waals surface area contributed by atoms with Gasteiger partial charge < -0.3 is 5.32 Å². The fraction of sp³-hybridized carbons (Fsp3) is 0.188. The zero-order chi connectivity index (χ0) is 13.7. The molecule has 0 spiro atoms. The Kier molecular flexibility index (Phi) is 4.58. The van der Waals surface area contributed by atoms with Gasteiger partial charge in [-0.3, -0.25) is 4.79 Å². The molecule has 0 bridgehead atoms. The molecule has 1 amide bonds. The molecule has 0 heterocycles. The number of benzene rings is 2. The normalized spacial score (nSPS) is 10.2. The molecular weight excluding hydrogens is 258 g/mol. The summed E-state index contributed by atoms with van der Waals surface area (Å²) in [5.74, 6) is -0.0810. The summed E-state index contributed by atoms with van der Waals surface area (Å²) in [5.41, 5.74) is 2.81. The average Bonchev–Trinajstić information content (AvgIpc) is 2.46. The first-order chi connectivity index (χ1) is 9.20. The van der Waals surface area contributed by atoms with Gasteiger partial charge in [-0.05, 0) is 35.7 Å². The minimum atomic E-state index is -0.0810. The maximum absolute atomic E-state index is 12.0. The Bertz CT molecular complexity index is 563. The lowest BCUT2D eigenvalue weighted by Gasteiger charge is -2.07. The number of hydrogen-bond acceptors (Lipinski definition) is 1. The molecule has 3 heteroatoms. The van der Waals surface area contributed by atoms with E-state index < -0.39 is 0 Å². The van der Waals surface area contributed by atoms with Crippen molar-refractivity contribution in [3.63, 3.8) is 0 Å². The van der Waals surface area contributed by atoms with Gasteiger partial charge in [-0.2, -0.15) is 0 Å². The Hall–Kier alpha value is -1.80. The van der Waals surface area contributed by atoms with E-state index in [1.807, 2.05) is 48.5 Å². The van der Waals surface area contributed by atoms with Crippen molar-refractivity contribution < 1.29 is 4.79 Å². The van der Waals surface area contributed by atoms with Crippen LogP contribution in [0.25, 0.3) is 0 Å². The molecule has 0 fully saturated rings. The molecule has 0 aliphatic carbocycles. The van der Waals surface area contributed by atoms with E-state index in [-0.39, 0.29) is 5.91 Å². The first kappa shape index (κ1) is 13.6. The Balaban J connectivity index is 1.99. The molecule has 0 saturated carbocycles. The van der Waals surface area contributed by atoms with Crippen LogP contribution in [0.5, 0.6) is 0 Å².